The minimum absolute atomic E-state index is 0.404. The van der Waals surface area contributed by atoms with Crippen molar-refractivity contribution in [2.45, 2.75) is 12.8 Å². The van der Waals surface area contributed by atoms with Crippen molar-refractivity contribution in [2.75, 3.05) is 13.7 Å². The van der Waals surface area contributed by atoms with E-state index in [1.165, 1.54) is 0 Å². The number of carbonyl (C=O) groups is 1. The van der Waals surface area contributed by atoms with Crippen molar-refractivity contribution >= 4 is 5.78 Å². The first-order chi connectivity index (χ1) is 7.13. The van der Waals surface area contributed by atoms with E-state index in [2.05, 4.69) is 13.2 Å². The van der Waals surface area contributed by atoms with E-state index in [0.29, 0.717) is 41.7 Å². The van der Waals surface area contributed by atoms with Gasteiger partial charge in [0.25, 0.3) is 0 Å². The van der Waals surface area contributed by atoms with Crippen molar-refractivity contribution in [2.24, 2.45) is 17.8 Å². The largest absolute Gasteiger partial charge is 0.494 e. The van der Waals surface area contributed by atoms with E-state index in [1.54, 1.807) is 7.11 Å². The zero-order valence-electron chi connectivity index (χ0n) is 8.99. The van der Waals surface area contributed by atoms with Crippen LogP contribution in [0, 0.1) is 17.8 Å². The van der Waals surface area contributed by atoms with Gasteiger partial charge >= 0.3 is 0 Å². The molecule has 0 aromatic rings. The summed E-state index contributed by atoms with van der Waals surface area (Å²) < 4.78 is 10.4. The van der Waals surface area contributed by atoms with Crippen molar-refractivity contribution in [1.29, 1.82) is 0 Å². The van der Waals surface area contributed by atoms with Gasteiger partial charge in [0.05, 0.1) is 13.7 Å². The molecule has 2 rings (SSSR count). The molecule has 2 unspecified atom stereocenters. The molecule has 0 spiro atoms. The standard InChI is InChI=1S/C12H16O3/c1-7(14-3)8(2)15-6-12-10-4-9(13)5-11(10)12/h10-12H,1-2,4-6H2,3H3. The van der Waals surface area contributed by atoms with E-state index in [-0.39, 0.29) is 0 Å². The van der Waals surface area contributed by atoms with Crippen molar-refractivity contribution in [3.8, 4) is 0 Å². The highest BCUT2D eigenvalue weighted by Gasteiger charge is 2.56. The number of fused-ring (bicyclic) bond motifs is 1. The molecule has 3 heteroatoms. The minimum atomic E-state index is 0.404. The molecule has 2 atom stereocenters. The molecule has 2 fully saturated rings. The van der Waals surface area contributed by atoms with Crippen LogP contribution in [0.15, 0.2) is 24.7 Å². The molecule has 3 nitrogen and oxygen atoms in total. The molecular weight excluding hydrogens is 192 g/mol. The lowest BCUT2D eigenvalue weighted by molar-refractivity contribution is -0.118. The second kappa shape index (κ2) is 3.72. The number of rotatable bonds is 5. The topological polar surface area (TPSA) is 35.5 Å². The van der Waals surface area contributed by atoms with Crippen molar-refractivity contribution in [3.05, 3.63) is 24.7 Å². The summed E-state index contributed by atoms with van der Waals surface area (Å²) in [6.07, 6.45) is 1.49. The monoisotopic (exact) mass is 208 g/mol. The summed E-state index contributed by atoms with van der Waals surface area (Å²) in [6.45, 7) is 8.02. The molecule has 0 heterocycles. The third kappa shape index (κ3) is 1.91. The number of hydrogen-bond donors (Lipinski definition) is 0. The van der Waals surface area contributed by atoms with E-state index in [1.807, 2.05) is 0 Å². The average molecular weight is 208 g/mol. The Morgan fingerprint density at radius 1 is 1.33 bits per heavy atom. The Morgan fingerprint density at radius 3 is 2.47 bits per heavy atom. The SMILES string of the molecule is C=C(OC)C(=C)OCC1C2CC(=O)CC12. The fraction of sp³-hybridized carbons (Fsp3) is 0.583. The molecule has 2 saturated carbocycles. The highest BCUT2D eigenvalue weighted by atomic mass is 16.5. The van der Waals surface area contributed by atoms with E-state index < -0.39 is 0 Å². The first-order valence-corrected chi connectivity index (χ1v) is 5.20. The van der Waals surface area contributed by atoms with Crippen LogP contribution in [0.1, 0.15) is 12.8 Å². The number of Topliss-reactive ketones (excluding diaryl/α,β-unsaturated/α-hetero) is 1. The van der Waals surface area contributed by atoms with Crippen LogP contribution in [0.3, 0.4) is 0 Å². The lowest BCUT2D eigenvalue weighted by Crippen LogP contribution is -2.05. The normalized spacial score (nSPS) is 32.1. The Bertz CT molecular complexity index is 305. The highest BCUT2D eigenvalue weighted by molar-refractivity contribution is 5.82. The molecule has 0 aromatic carbocycles. The van der Waals surface area contributed by atoms with Crippen molar-refractivity contribution < 1.29 is 14.3 Å². The highest BCUT2D eigenvalue weighted by Crippen LogP contribution is 2.56. The lowest BCUT2D eigenvalue weighted by atomic mass is 10.1. The van der Waals surface area contributed by atoms with Crippen molar-refractivity contribution in [3.63, 3.8) is 0 Å². The predicted octanol–water partition coefficient (Wildman–Crippen LogP) is 1.90. The summed E-state index contributed by atoms with van der Waals surface area (Å²) in [4.78, 5) is 11.0. The molecule has 0 N–H and O–H groups in total. The smallest absolute Gasteiger partial charge is 0.153 e. The van der Waals surface area contributed by atoms with Crippen LogP contribution < -0.4 is 0 Å². The molecule has 0 saturated heterocycles. The third-order valence-corrected chi connectivity index (χ3v) is 3.44. The fourth-order valence-corrected chi connectivity index (χ4v) is 2.38. The number of ether oxygens (including phenoxy) is 2. The van der Waals surface area contributed by atoms with Gasteiger partial charge in [-0.2, -0.15) is 0 Å². The molecule has 0 amide bonds. The van der Waals surface area contributed by atoms with Crippen LogP contribution in [0.2, 0.25) is 0 Å². The lowest BCUT2D eigenvalue weighted by Gasteiger charge is -2.10. The maximum atomic E-state index is 11.0. The van der Waals surface area contributed by atoms with Gasteiger partial charge in [-0.15, -0.1) is 0 Å². The number of methoxy groups -OCH3 is 1. The molecule has 0 bridgehead atoms. The summed E-state index contributed by atoms with van der Waals surface area (Å²) in [6, 6.07) is 0. The van der Waals surface area contributed by atoms with Crippen LogP contribution in [-0.2, 0) is 14.3 Å². The first-order valence-electron chi connectivity index (χ1n) is 5.20. The van der Waals surface area contributed by atoms with Crippen LogP contribution in [0.25, 0.3) is 0 Å². The van der Waals surface area contributed by atoms with Gasteiger partial charge < -0.3 is 9.47 Å². The van der Waals surface area contributed by atoms with Gasteiger partial charge in [-0.25, -0.2) is 0 Å². The maximum Gasteiger partial charge on any atom is 0.153 e. The molecule has 0 aliphatic heterocycles. The van der Waals surface area contributed by atoms with Gasteiger partial charge in [0.15, 0.2) is 11.5 Å². The minimum Gasteiger partial charge on any atom is -0.494 e. The molecule has 15 heavy (non-hydrogen) atoms. The van der Waals surface area contributed by atoms with Gasteiger partial charge in [-0.05, 0) is 11.8 Å². The fourth-order valence-electron chi connectivity index (χ4n) is 2.38. The number of carbonyl (C=O) groups excluding carboxylic acids is 1. The zero-order valence-corrected chi connectivity index (χ0v) is 8.99. The zero-order chi connectivity index (χ0) is 11.0. The second-order valence-corrected chi connectivity index (χ2v) is 4.30. The van der Waals surface area contributed by atoms with E-state index in [9.17, 15) is 4.79 Å². The number of ketones is 1. The van der Waals surface area contributed by atoms with Crippen molar-refractivity contribution in [1.82, 2.24) is 0 Å². The van der Waals surface area contributed by atoms with E-state index in [0.717, 1.165) is 12.8 Å². The Morgan fingerprint density at radius 2 is 1.93 bits per heavy atom. The predicted molar refractivity (Wildman–Crippen MR) is 56.0 cm³/mol. The molecule has 82 valence electrons. The first kappa shape index (κ1) is 10.3. The van der Waals surface area contributed by atoms with E-state index in [4.69, 9.17) is 9.47 Å². The van der Waals surface area contributed by atoms with Crippen LogP contribution >= 0.6 is 0 Å². The summed E-state index contributed by atoms with van der Waals surface area (Å²) in [7, 11) is 1.54. The summed E-state index contributed by atoms with van der Waals surface area (Å²) in [5, 5.41) is 0. The van der Waals surface area contributed by atoms with Crippen LogP contribution in [-0.4, -0.2) is 19.5 Å². The van der Waals surface area contributed by atoms with Gasteiger partial charge in [0, 0.05) is 18.8 Å². The Balaban J connectivity index is 1.71. The molecule has 2 aliphatic carbocycles. The molecule has 0 aromatic heterocycles. The Hall–Kier alpha value is -1.25. The third-order valence-electron chi connectivity index (χ3n) is 3.44. The summed E-state index contributed by atoms with van der Waals surface area (Å²) in [5.41, 5.74) is 0. The number of hydrogen-bond acceptors (Lipinski definition) is 3. The average Bonchev–Trinajstić information content (AvgIpc) is 2.68. The molecule has 2 aliphatic rings. The van der Waals surface area contributed by atoms with E-state index >= 15 is 0 Å². The Labute approximate surface area is 89.8 Å². The summed E-state index contributed by atoms with van der Waals surface area (Å²) >= 11 is 0. The molecular formula is C12H16O3. The maximum absolute atomic E-state index is 11.0. The second-order valence-electron chi connectivity index (χ2n) is 4.30. The molecule has 0 radical (unpaired) electrons. The van der Waals surface area contributed by atoms with Crippen LogP contribution in [0.5, 0.6) is 0 Å². The Kier molecular flexibility index (Phi) is 2.55. The van der Waals surface area contributed by atoms with Crippen LogP contribution in [0.4, 0.5) is 0 Å². The van der Waals surface area contributed by atoms with Gasteiger partial charge in [-0.1, -0.05) is 13.2 Å². The van der Waals surface area contributed by atoms with Gasteiger partial charge in [0.2, 0.25) is 0 Å². The summed E-state index contributed by atoms with van der Waals surface area (Å²) in [5.74, 6) is 3.05. The van der Waals surface area contributed by atoms with Gasteiger partial charge in [-0.3, -0.25) is 4.79 Å². The van der Waals surface area contributed by atoms with Gasteiger partial charge in [0.1, 0.15) is 5.78 Å². The quantitative estimate of drug-likeness (QED) is 0.511.